The maximum atomic E-state index is 12.8. The van der Waals surface area contributed by atoms with E-state index in [1.165, 1.54) is 83.5 Å². The van der Waals surface area contributed by atoms with Crippen LogP contribution in [0.3, 0.4) is 0 Å². The Morgan fingerprint density at radius 1 is 0.328 bits per heavy atom. The van der Waals surface area contributed by atoms with Crippen molar-refractivity contribution in [2.45, 2.75) is 252 Å². The second kappa shape index (κ2) is 52.2. The molecule has 0 aliphatic heterocycles. The van der Waals surface area contributed by atoms with Crippen LogP contribution >= 0.6 is 0 Å². The average molecular weight is 891 g/mol. The lowest BCUT2D eigenvalue weighted by Crippen LogP contribution is -2.30. The molecule has 0 spiro atoms. The third-order valence-corrected chi connectivity index (χ3v) is 11.1. The smallest absolute Gasteiger partial charge is 0.306 e. The first kappa shape index (κ1) is 60.6. The Hall–Kier alpha value is -3.41. The Morgan fingerprint density at radius 3 is 0.984 bits per heavy atom. The lowest BCUT2D eigenvalue weighted by molar-refractivity contribution is -0.167. The molecule has 0 aromatic carbocycles. The van der Waals surface area contributed by atoms with E-state index in [2.05, 4.69) is 106 Å². The predicted octanol–water partition coefficient (Wildman–Crippen LogP) is 17.6. The minimum atomic E-state index is -0.799. The van der Waals surface area contributed by atoms with Crippen LogP contribution in [-0.4, -0.2) is 37.2 Å². The van der Waals surface area contributed by atoms with Crippen LogP contribution in [0.1, 0.15) is 245 Å². The van der Waals surface area contributed by atoms with E-state index in [1.54, 1.807) is 0 Å². The van der Waals surface area contributed by atoms with Crippen LogP contribution in [-0.2, 0) is 28.6 Å². The number of hydrogen-bond donors (Lipinski definition) is 0. The van der Waals surface area contributed by atoms with E-state index < -0.39 is 6.10 Å². The van der Waals surface area contributed by atoms with Crippen LogP contribution in [0.4, 0.5) is 0 Å². The molecule has 0 rings (SSSR count). The molecule has 0 heterocycles. The van der Waals surface area contributed by atoms with Crippen LogP contribution in [0, 0.1) is 0 Å². The van der Waals surface area contributed by atoms with Gasteiger partial charge in [0.15, 0.2) is 6.10 Å². The summed E-state index contributed by atoms with van der Waals surface area (Å²) in [7, 11) is 0. The Morgan fingerprint density at radius 2 is 0.609 bits per heavy atom. The van der Waals surface area contributed by atoms with Gasteiger partial charge in [-0.3, -0.25) is 14.4 Å². The van der Waals surface area contributed by atoms with Gasteiger partial charge in [0.2, 0.25) is 0 Å². The second-order valence-electron chi connectivity index (χ2n) is 17.4. The number of unbranched alkanes of at least 4 members (excludes halogenated alkanes) is 22. The lowest BCUT2D eigenvalue weighted by Gasteiger charge is -2.18. The molecule has 0 aromatic rings. The highest BCUT2D eigenvalue weighted by molar-refractivity contribution is 5.71. The van der Waals surface area contributed by atoms with Crippen LogP contribution in [0.2, 0.25) is 0 Å². The van der Waals surface area contributed by atoms with E-state index in [4.69, 9.17) is 14.2 Å². The standard InChI is InChI=1S/C58H98O6/c1-4-7-10-13-16-19-22-25-27-28-29-31-33-36-39-42-45-48-51-57(60)63-54-55(53-62-56(59)50-47-44-41-38-35-32-24-21-18-15-12-9-6-3)64-58(61)52-49-46-43-40-37-34-30-26-23-20-17-14-11-8-5-2/h8-9,11-12,17-18,20-21,26-28,30,32,35,55H,4-7,10,13-16,19,22-25,29,31,33-34,36-54H2,1-3H3/b11-8-,12-9-,20-17-,21-18-,28-27-,30-26-,35-32-. The summed E-state index contributed by atoms with van der Waals surface area (Å²) in [5, 5.41) is 0. The van der Waals surface area contributed by atoms with Gasteiger partial charge in [-0.05, 0) is 109 Å². The predicted molar refractivity (Wildman–Crippen MR) is 274 cm³/mol. The molecular formula is C58H98O6. The summed E-state index contributed by atoms with van der Waals surface area (Å²) >= 11 is 0. The summed E-state index contributed by atoms with van der Waals surface area (Å²) in [5.74, 6) is -0.947. The van der Waals surface area contributed by atoms with E-state index in [-0.39, 0.29) is 31.1 Å². The maximum absolute atomic E-state index is 12.8. The summed E-state index contributed by atoms with van der Waals surface area (Å²) in [6, 6.07) is 0. The van der Waals surface area contributed by atoms with E-state index >= 15 is 0 Å². The molecule has 0 saturated carbocycles. The van der Waals surface area contributed by atoms with Gasteiger partial charge in [-0.15, -0.1) is 0 Å². The van der Waals surface area contributed by atoms with E-state index in [9.17, 15) is 14.4 Å². The fourth-order valence-corrected chi connectivity index (χ4v) is 7.17. The van der Waals surface area contributed by atoms with Gasteiger partial charge in [-0.2, -0.15) is 0 Å². The molecule has 6 nitrogen and oxygen atoms in total. The molecule has 6 heteroatoms. The quantitative estimate of drug-likeness (QED) is 0.0262. The van der Waals surface area contributed by atoms with Gasteiger partial charge in [0.25, 0.3) is 0 Å². The minimum absolute atomic E-state index is 0.0957. The number of allylic oxidation sites excluding steroid dienone is 14. The summed E-state index contributed by atoms with van der Waals surface area (Å²) < 4.78 is 16.8. The van der Waals surface area contributed by atoms with Crippen molar-refractivity contribution in [1.29, 1.82) is 0 Å². The first-order valence-corrected chi connectivity index (χ1v) is 26.6. The third-order valence-electron chi connectivity index (χ3n) is 11.1. The fraction of sp³-hybridized carbons (Fsp3) is 0.707. The zero-order valence-electron chi connectivity index (χ0n) is 41.8. The highest BCUT2D eigenvalue weighted by atomic mass is 16.6. The van der Waals surface area contributed by atoms with E-state index in [0.29, 0.717) is 19.3 Å². The van der Waals surface area contributed by atoms with Gasteiger partial charge < -0.3 is 14.2 Å². The Bertz CT molecular complexity index is 1250. The number of esters is 3. The third kappa shape index (κ3) is 49.6. The van der Waals surface area contributed by atoms with Crippen LogP contribution in [0.15, 0.2) is 85.1 Å². The highest BCUT2D eigenvalue weighted by Crippen LogP contribution is 2.14. The number of rotatable bonds is 47. The van der Waals surface area contributed by atoms with E-state index in [1.807, 2.05) is 0 Å². The van der Waals surface area contributed by atoms with Gasteiger partial charge in [-0.25, -0.2) is 0 Å². The Balaban J connectivity index is 4.43. The molecule has 0 saturated heterocycles. The highest BCUT2D eigenvalue weighted by Gasteiger charge is 2.19. The monoisotopic (exact) mass is 891 g/mol. The molecule has 0 amide bonds. The van der Waals surface area contributed by atoms with E-state index in [0.717, 1.165) is 122 Å². The molecule has 64 heavy (non-hydrogen) atoms. The van der Waals surface area contributed by atoms with Gasteiger partial charge in [-0.1, -0.05) is 202 Å². The Kier molecular flexibility index (Phi) is 49.4. The molecule has 0 radical (unpaired) electrons. The molecule has 0 bridgehead atoms. The lowest BCUT2D eigenvalue weighted by atomic mass is 10.1. The SMILES string of the molecule is CC/C=C\C/C=C\C/C=C\CCCCCCCC(=O)OC(COC(=O)CCCCC/C=C\C/C=C\C/C=C\CC)COC(=O)CCCCCCCCC/C=C\CCCCCCCCC. The largest absolute Gasteiger partial charge is 0.462 e. The van der Waals surface area contributed by atoms with Crippen LogP contribution in [0.5, 0.6) is 0 Å². The number of hydrogen-bond acceptors (Lipinski definition) is 6. The van der Waals surface area contributed by atoms with Crippen molar-refractivity contribution >= 4 is 17.9 Å². The van der Waals surface area contributed by atoms with Crippen molar-refractivity contribution in [3.63, 3.8) is 0 Å². The fourth-order valence-electron chi connectivity index (χ4n) is 7.17. The summed E-state index contributed by atoms with van der Waals surface area (Å²) in [5.41, 5.74) is 0. The molecule has 0 aromatic heterocycles. The van der Waals surface area contributed by atoms with Gasteiger partial charge in [0.1, 0.15) is 13.2 Å². The topological polar surface area (TPSA) is 78.9 Å². The number of ether oxygens (including phenoxy) is 3. The normalized spacial score (nSPS) is 12.7. The molecule has 0 aliphatic rings. The van der Waals surface area contributed by atoms with Crippen molar-refractivity contribution in [2.75, 3.05) is 13.2 Å². The van der Waals surface area contributed by atoms with Crippen molar-refractivity contribution in [3.8, 4) is 0 Å². The van der Waals surface area contributed by atoms with Crippen molar-refractivity contribution < 1.29 is 28.6 Å². The van der Waals surface area contributed by atoms with Crippen LogP contribution < -0.4 is 0 Å². The molecule has 0 aliphatic carbocycles. The van der Waals surface area contributed by atoms with Crippen molar-refractivity contribution in [3.05, 3.63) is 85.1 Å². The van der Waals surface area contributed by atoms with Crippen LogP contribution in [0.25, 0.3) is 0 Å². The first-order chi connectivity index (χ1) is 31.5. The molecule has 1 atom stereocenters. The first-order valence-electron chi connectivity index (χ1n) is 26.6. The average Bonchev–Trinajstić information content (AvgIpc) is 3.29. The Labute approximate surface area is 395 Å². The molecule has 0 fully saturated rings. The number of carbonyl (C=O) groups excluding carboxylic acids is 3. The summed E-state index contributed by atoms with van der Waals surface area (Å²) in [6.45, 7) is 6.37. The van der Waals surface area contributed by atoms with Crippen molar-refractivity contribution in [2.24, 2.45) is 0 Å². The van der Waals surface area contributed by atoms with Gasteiger partial charge in [0.05, 0.1) is 0 Å². The molecule has 366 valence electrons. The second-order valence-corrected chi connectivity index (χ2v) is 17.4. The summed E-state index contributed by atoms with van der Waals surface area (Å²) in [6.07, 6.45) is 67.1. The maximum Gasteiger partial charge on any atom is 0.306 e. The molecule has 1 unspecified atom stereocenters. The zero-order valence-corrected chi connectivity index (χ0v) is 41.8. The minimum Gasteiger partial charge on any atom is -0.462 e. The van der Waals surface area contributed by atoms with Gasteiger partial charge in [0, 0.05) is 19.3 Å². The van der Waals surface area contributed by atoms with Crippen molar-refractivity contribution in [1.82, 2.24) is 0 Å². The number of carbonyl (C=O) groups is 3. The molecular weight excluding hydrogens is 793 g/mol. The summed E-state index contributed by atoms with van der Waals surface area (Å²) in [4.78, 5) is 38.0. The van der Waals surface area contributed by atoms with Gasteiger partial charge >= 0.3 is 17.9 Å². The zero-order chi connectivity index (χ0) is 46.5. The molecule has 0 N–H and O–H groups in total.